The second-order valence-electron chi connectivity index (χ2n) is 6.51. The molecule has 1 aliphatic carbocycles. The molecule has 21 heavy (non-hydrogen) atoms. The summed E-state index contributed by atoms with van der Waals surface area (Å²) >= 11 is 0. The van der Waals surface area contributed by atoms with E-state index in [4.69, 9.17) is 0 Å². The standard InChI is InChI=1S/C18H26N2O/c1-14(18(21)19-17-9-3-2-4-10-17)20-12-11-15-7-5-6-8-16(15)13-20/h5-8,14,17H,2-4,9-13H2,1H3,(H,19,21)/t14-/m1/s1. The van der Waals surface area contributed by atoms with Crippen LogP contribution in [0.15, 0.2) is 24.3 Å². The molecule has 1 heterocycles. The predicted molar refractivity (Wildman–Crippen MR) is 85.0 cm³/mol. The lowest BCUT2D eigenvalue weighted by Gasteiger charge is -2.34. The molecule has 1 fully saturated rings. The van der Waals surface area contributed by atoms with Crippen molar-refractivity contribution >= 4 is 5.91 Å². The van der Waals surface area contributed by atoms with E-state index in [9.17, 15) is 4.79 Å². The molecule has 1 aliphatic heterocycles. The van der Waals surface area contributed by atoms with Crippen LogP contribution < -0.4 is 5.32 Å². The SMILES string of the molecule is C[C@H](C(=O)NC1CCCCC1)N1CCc2ccccc2C1. The number of nitrogens with zero attached hydrogens (tertiary/aromatic N) is 1. The maximum absolute atomic E-state index is 12.5. The summed E-state index contributed by atoms with van der Waals surface area (Å²) in [6.45, 7) is 3.93. The molecule has 3 rings (SSSR count). The van der Waals surface area contributed by atoms with Crippen LogP contribution in [-0.2, 0) is 17.8 Å². The van der Waals surface area contributed by atoms with Crippen LogP contribution in [0, 0.1) is 0 Å². The Hall–Kier alpha value is -1.35. The lowest BCUT2D eigenvalue weighted by Crippen LogP contribution is -2.49. The van der Waals surface area contributed by atoms with Gasteiger partial charge in [0.15, 0.2) is 0 Å². The molecule has 0 unspecified atom stereocenters. The van der Waals surface area contributed by atoms with Crippen molar-refractivity contribution in [3.05, 3.63) is 35.4 Å². The third-order valence-corrected chi connectivity index (χ3v) is 5.04. The number of benzene rings is 1. The van der Waals surface area contributed by atoms with Crippen LogP contribution in [0.2, 0.25) is 0 Å². The van der Waals surface area contributed by atoms with Gasteiger partial charge < -0.3 is 5.32 Å². The zero-order valence-electron chi connectivity index (χ0n) is 13.0. The number of fused-ring (bicyclic) bond motifs is 1. The summed E-state index contributed by atoms with van der Waals surface area (Å²) in [7, 11) is 0. The molecular formula is C18H26N2O. The first kappa shape index (κ1) is 14.6. The minimum Gasteiger partial charge on any atom is -0.352 e. The van der Waals surface area contributed by atoms with E-state index in [1.54, 1.807) is 0 Å². The highest BCUT2D eigenvalue weighted by Gasteiger charge is 2.26. The summed E-state index contributed by atoms with van der Waals surface area (Å²) in [4.78, 5) is 14.8. The first-order valence-electron chi connectivity index (χ1n) is 8.35. The Morgan fingerprint density at radius 1 is 1.19 bits per heavy atom. The van der Waals surface area contributed by atoms with E-state index in [2.05, 4.69) is 34.5 Å². The third-order valence-electron chi connectivity index (χ3n) is 5.04. The normalized spacial score (nSPS) is 21.6. The first-order chi connectivity index (χ1) is 10.2. The van der Waals surface area contributed by atoms with E-state index in [0.717, 1.165) is 32.4 Å². The number of carbonyl (C=O) groups is 1. The lowest BCUT2D eigenvalue weighted by atomic mass is 9.95. The molecule has 0 spiro atoms. The second-order valence-corrected chi connectivity index (χ2v) is 6.51. The van der Waals surface area contributed by atoms with E-state index >= 15 is 0 Å². The first-order valence-corrected chi connectivity index (χ1v) is 8.35. The van der Waals surface area contributed by atoms with Crippen molar-refractivity contribution in [2.24, 2.45) is 0 Å². The van der Waals surface area contributed by atoms with Gasteiger partial charge in [-0.25, -0.2) is 0 Å². The van der Waals surface area contributed by atoms with Gasteiger partial charge in [-0.1, -0.05) is 43.5 Å². The van der Waals surface area contributed by atoms with Gasteiger partial charge >= 0.3 is 0 Å². The van der Waals surface area contributed by atoms with Crippen molar-refractivity contribution in [2.75, 3.05) is 6.54 Å². The van der Waals surface area contributed by atoms with Crippen LogP contribution in [0.1, 0.15) is 50.2 Å². The fourth-order valence-electron chi connectivity index (χ4n) is 3.58. The summed E-state index contributed by atoms with van der Waals surface area (Å²) < 4.78 is 0. The Morgan fingerprint density at radius 2 is 1.90 bits per heavy atom. The van der Waals surface area contributed by atoms with Gasteiger partial charge in [-0.05, 0) is 37.3 Å². The van der Waals surface area contributed by atoms with Crippen molar-refractivity contribution < 1.29 is 4.79 Å². The Bertz CT molecular complexity index is 494. The highest BCUT2D eigenvalue weighted by molar-refractivity contribution is 5.81. The minimum atomic E-state index is -0.0275. The number of hydrogen-bond acceptors (Lipinski definition) is 2. The number of nitrogens with one attached hydrogen (secondary N) is 1. The summed E-state index contributed by atoms with van der Waals surface area (Å²) in [6.07, 6.45) is 7.21. The molecule has 0 radical (unpaired) electrons. The maximum Gasteiger partial charge on any atom is 0.237 e. The molecule has 3 heteroatoms. The molecule has 114 valence electrons. The van der Waals surface area contributed by atoms with E-state index in [0.29, 0.717) is 6.04 Å². The molecule has 2 aliphatic rings. The van der Waals surface area contributed by atoms with Gasteiger partial charge in [0.25, 0.3) is 0 Å². The molecule has 1 amide bonds. The largest absolute Gasteiger partial charge is 0.352 e. The van der Waals surface area contributed by atoms with Crippen LogP contribution in [-0.4, -0.2) is 29.4 Å². The highest BCUT2D eigenvalue weighted by atomic mass is 16.2. The topological polar surface area (TPSA) is 32.3 Å². The highest BCUT2D eigenvalue weighted by Crippen LogP contribution is 2.21. The summed E-state index contributed by atoms with van der Waals surface area (Å²) in [5.74, 6) is 0.210. The van der Waals surface area contributed by atoms with Crippen molar-refractivity contribution in [3.63, 3.8) is 0 Å². The summed E-state index contributed by atoms with van der Waals surface area (Å²) in [5.41, 5.74) is 2.81. The smallest absolute Gasteiger partial charge is 0.237 e. The molecular weight excluding hydrogens is 260 g/mol. The van der Waals surface area contributed by atoms with E-state index < -0.39 is 0 Å². The number of carbonyl (C=O) groups excluding carboxylic acids is 1. The zero-order valence-corrected chi connectivity index (χ0v) is 13.0. The molecule has 0 aromatic heterocycles. The fraction of sp³-hybridized carbons (Fsp3) is 0.611. The Labute approximate surface area is 127 Å². The fourth-order valence-corrected chi connectivity index (χ4v) is 3.58. The monoisotopic (exact) mass is 286 g/mol. The maximum atomic E-state index is 12.5. The quantitative estimate of drug-likeness (QED) is 0.926. The van der Waals surface area contributed by atoms with E-state index in [-0.39, 0.29) is 11.9 Å². The van der Waals surface area contributed by atoms with Crippen molar-refractivity contribution in [1.82, 2.24) is 10.2 Å². The van der Waals surface area contributed by atoms with E-state index in [1.807, 2.05) is 6.92 Å². The van der Waals surface area contributed by atoms with Gasteiger partial charge in [-0.3, -0.25) is 9.69 Å². The van der Waals surface area contributed by atoms with Gasteiger partial charge in [0.05, 0.1) is 6.04 Å². The Balaban J connectivity index is 1.58. The Morgan fingerprint density at radius 3 is 2.67 bits per heavy atom. The Kier molecular flexibility index (Phi) is 4.59. The number of rotatable bonds is 3. The van der Waals surface area contributed by atoms with Crippen LogP contribution in [0.5, 0.6) is 0 Å². The molecule has 0 saturated heterocycles. The molecule has 1 atom stereocenters. The zero-order chi connectivity index (χ0) is 14.7. The molecule has 1 N–H and O–H groups in total. The van der Waals surface area contributed by atoms with Crippen molar-refractivity contribution in [2.45, 2.75) is 64.1 Å². The lowest BCUT2D eigenvalue weighted by molar-refractivity contribution is -0.127. The molecule has 1 aromatic rings. The van der Waals surface area contributed by atoms with E-state index in [1.165, 1.54) is 30.4 Å². The summed E-state index contributed by atoms with van der Waals surface area (Å²) in [6, 6.07) is 8.97. The van der Waals surface area contributed by atoms with Crippen molar-refractivity contribution in [3.8, 4) is 0 Å². The van der Waals surface area contributed by atoms with Gasteiger partial charge in [0.2, 0.25) is 5.91 Å². The van der Waals surface area contributed by atoms with Crippen LogP contribution in [0.3, 0.4) is 0 Å². The minimum absolute atomic E-state index is 0.0275. The van der Waals surface area contributed by atoms with Gasteiger partial charge in [-0.2, -0.15) is 0 Å². The predicted octanol–water partition coefficient (Wildman–Crippen LogP) is 2.88. The van der Waals surface area contributed by atoms with Gasteiger partial charge in [-0.15, -0.1) is 0 Å². The molecule has 1 saturated carbocycles. The molecule has 0 bridgehead atoms. The van der Waals surface area contributed by atoms with Crippen molar-refractivity contribution in [1.29, 1.82) is 0 Å². The number of hydrogen-bond donors (Lipinski definition) is 1. The molecule has 3 nitrogen and oxygen atoms in total. The number of amides is 1. The van der Waals surface area contributed by atoms with Crippen LogP contribution in [0.4, 0.5) is 0 Å². The van der Waals surface area contributed by atoms with Crippen LogP contribution >= 0.6 is 0 Å². The average molecular weight is 286 g/mol. The van der Waals surface area contributed by atoms with Gasteiger partial charge in [0, 0.05) is 19.1 Å². The average Bonchev–Trinajstić information content (AvgIpc) is 2.54. The summed E-state index contributed by atoms with van der Waals surface area (Å²) in [5, 5.41) is 3.26. The third kappa shape index (κ3) is 3.46. The van der Waals surface area contributed by atoms with Gasteiger partial charge in [0.1, 0.15) is 0 Å². The molecule has 1 aromatic carbocycles. The van der Waals surface area contributed by atoms with Crippen LogP contribution in [0.25, 0.3) is 0 Å². The second kappa shape index (κ2) is 6.61.